The predicted molar refractivity (Wildman–Crippen MR) is 69.0 cm³/mol. The standard InChI is InChI=1S/C10H16NO4PS/c1-2-11-7-10(17-16(13,14)15)8-4-3-5-9(12)6-8/h3-6,10-12H,2,7H2,1H3,(H2,13,14,15). The van der Waals surface area contributed by atoms with Crippen molar-refractivity contribution in [1.29, 1.82) is 0 Å². The van der Waals surface area contributed by atoms with E-state index in [1.165, 1.54) is 12.1 Å². The Morgan fingerprint density at radius 1 is 1.47 bits per heavy atom. The third-order valence-corrected chi connectivity index (χ3v) is 4.64. The van der Waals surface area contributed by atoms with E-state index in [0.29, 0.717) is 23.5 Å². The zero-order chi connectivity index (χ0) is 12.9. The van der Waals surface area contributed by atoms with Crippen LogP contribution in [0.3, 0.4) is 0 Å². The molecule has 0 spiro atoms. The molecule has 0 aliphatic carbocycles. The number of phenols is 1. The van der Waals surface area contributed by atoms with Crippen LogP contribution in [0.5, 0.6) is 5.75 Å². The molecule has 0 amide bonds. The molecule has 0 aromatic heterocycles. The third kappa shape index (κ3) is 5.57. The molecule has 0 aliphatic heterocycles. The summed E-state index contributed by atoms with van der Waals surface area (Å²) in [5, 5.41) is 12.0. The molecule has 0 fully saturated rings. The maximum atomic E-state index is 11.0. The fraction of sp³-hybridized carbons (Fsp3) is 0.400. The quantitative estimate of drug-likeness (QED) is 0.594. The number of rotatable bonds is 6. The summed E-state index contributed by atoms with van der Waals surface area (Å²) in [6.07, 6.45) is 0. The first-order valence-electron chi connectivity index (χ1n) is 5.16. The summed E-state index contributed by atoms with van der Waals surface area (Å²) in [6.45, 7) is -1.07. The van der Waals surface area contributed by atoms with Crippen molar-refractivity contribution in [2.75, 3.05) is 13.1 Å². The van der Waals surface area contributed by atoms with Gasteiger partial charge < -0.3 is 20.2 Å². The van der Waals surface area contributed by atoms with Gasteiger partial charge in [0, 0.05) is 6.54 Å². The molecule has 7 heteroatoms. The molecule has 1 rings (SSSR count). The van der Waals surface area contributed by atoms with Gasteiger partial charge in [0.1, 0.15) is 5.75 Å². The first-order chi connectivity index (χ1) is 7.92. The second-order valence-corrected chi connectivity index (χ2v) is 7.31. The molecule has 0 heterocycles. The van der Waals surface area contributed by atoms with Crippen LogP contribution in [-0.2, 0) is 4.57 Å². The summed E-state index contributed by atoms with van der Waals surface area (Å²) < 4.78 is 11.0. The summed E-state index contributed by atoms with van der Waals surface area (Å²) in [4.78, 5) is 18.0. The van der Waals surface area contributed by atoms with Crippen molar-refractivity contribution in [2.45, 2.75) is 12.2 Å². The van der Waals surface area contributed by atoms with E-state index in [1.807, 2.05) is 6.92 Å². The van der Waals surface area contributed by atoms with Crippen molar-refractivity contribution < 1.29 is 19.5 Å². The molecular formula is C10H16NO4PS. The van der Waals surface area contributed by atoms with Crippen molar-refractivity contribution in [2.24, 2.45) is 0 Å². The average Bonchev–Trinajstić information content (AvgIpc) is 2.22. The molecule has 0 bridgehead atoms. The van der Waals surface area contributed by atoms with Crippen LogP contribution in [0.1, 0.15) is 17.7 Å². The number of benzene rings is 1. The summed E-state index contributed by atoms with van der Waals surface area (Å²) in [7, 11) is 0. The van der Waals surface area contributed by atoms with E-state index in [4.69, 9.17) is 9.79 Å². The summed E-state index contributed by atoms with van der Waals surface area (Å²) in [5.41, 5.74) is 0.694. The number of aromatic hydroxyl groups is 1. The van der Waals surface area contributed by atoms with Crippen LogP contribution >= 0.6 is 18.2 Å². The fourth-order valence-corrected chi connectivity index (χ4v) is 3.76. The molecule has 1 aromatic rings. The highest BCUT2D eigenvalue weighted by atomic mass is 32.7. The largest absolute Gasteiger partial charge is 0.508 e. The van der Waals surface area contributed by atoms with E-state index in [9.17, 15) is 9.67 Å². The Balaban J connectivity index is 2.85. The van der Waals surface area contributed by atoms with Gasteiger partial charge in [0.25, 0.3) is 0 Å². The normalized spacial score (nSPS) is 13.6. The van der Waals surface area contributed by atoms with Gasteiger partial charge in [-0.25, -0.2) is 4.57 Å². The highest BCUT2D eigenvalue weighted by Gasteiger charge is 2.23. The second kappa shape index (κ2) is 6.42. The van der Waals surface area contributed by atoms with Gasteiger partial charge in [-0.1, -0.05) is 19.1 Å². The van der Waals surface area contributed by atoms with Crippen molar-refractivity contribution in [3.8, 4) is 5.75 Å². The third-order valence-electron chi connectivity index (χ3n) is 2.09. The minimum absolute atomic E-state index is 0.0929. The lowest BCUT2D eigenvalue weighted by molar-refractivity contribution is 0.396. The second-order valence-electron chi connectivity index (χ2n) is 3.49. The van der Waals surface area contributed by atoms with Crippen molar-refractivity contribution in [3.05, 3.63) is 29.8 Å². The van der Waals surface area contributed by atoms with Crippen LogP contribution in [0, 0.1) is 0 Å². The molecule has 0 aliphatic rings. The summed E-state index contributed by atoms with van der Waals surface area (Å²) in [6, 6.07) is 6.44. The topological polar surface area (TPSA) is 89.8 Å². The number of nitrogens with one attached hydrogen (secondary N) is 1. The van der Waals surface area contributed by atoms with Crippen molar-refractivity contribution >= 4 is 18.2 Å². The van der Waals surface area contributed by atoms with Crippen molar-refractivity contribution in [3.63, 3.8) is 0 Å². The van der Waals surface area contributed by atoms with E-state index in [-0.39, 0.29) is 11.0 Å². The first-order valence-corrected chi connectivity index (χ1v) is 8.25. The zero-order valence-corrected chi connectivity index (χ0v) is 11.1. The minimum atomic E-state index is -4.15. The Morgan fingerprint density at radius 2 is 2.18 bits per heavy atom. The maximum absolute atomic E-state index is 11.0. The Hall–Kier alpha value is -0.520. The van der Waals surface area contributed by atoms with E-state index in [1.54, 1.807) is 12.1 Å². The Bertz CT molecular complexity index is 409. The minimum Gasteiger partial charge on any atom is -0.508 e. The SMILES string of the molecule is CCNCC(SP(=O)(O)O)c1cccc(O)c1. The summed E-state index contributed by atoms with van der Waals surface area (Å²) >= 11 is 0.597. The number of hydrogen-bond acceptors (Lipinski definition) is 4. The van der Waals surface area contributed by atoms with Crippen LogP contribution in [0.25, 0.3) is 0 Å². The van der Waals surface area contributed by atoms with Crippen LogP contribution in [0.4, 0.5) is 0 Å². The molecule has 5 nitrogen and oxygen atoms in total. The highest BCUT2D eigenvalue weighted by Crippen LogP contribution is 2.57. The van der Waals surface area contributed by atoms with E-state index >= 15 is 0 Å². The Labute approximate surface area is 104 Å². The van der Waals surface area contributed by atoms with E-state index in [2.05, 4.69) is 5.32 Å². The molecule has 96 valence electrons. The predicted octanol–water partition coefficient (Wildman–Crippen LogP) is 1.87. The molecule has 1 unspecified atom stereocenters. The lowest BCUT2D eigenvalue weighted by Crippen LogP contribution is -2.19. The smallest absolute Gasteiger partial charge is 0.384 e. The van der Waals surface area contributed by atoms with Gasteiger partial charge in [0.15, 0.2) is 0 Å². The van der Waals surface area contributed by atoms with Crippen LogP contribution in [0.2, 0.25) is 0 Å². The first kappa shape index (κ1) is 14.5. The monoisotopic (exact) mass is 277 g/mol. The zero-order valence-electron chi connectivity index (χ0n) is 9.41. The lowest BCUT2D eigenvalue weighted by atomic mass is 10.1. The maximum Gasteiger partial charge on any atom is 0.384 e. The van der Waals surface area contributed by atoms with Gasteiger partial charge in [-0.3, -0.25) is 0 Å². The number of likely N-dealkylation sites (N-methyl/N-ethyl adjacent to an activating group) is 1. The molecule has 0 saturated heterocycles. The highest BCUT2D eigenvalue weighted by molar-refractivity contribution is 8.54. The number of phenolic OH excluding ortho intramolecular Hbond substituents is 1. The van der Waals surface area contributed by atoms with Gasteiger partial charge in [0.05, 0.1) is 5.25 Å². The molecule has 0 radical (unpaired) electrons. The number of hydrogen-bond donors (Lipinski definition) is 4. The van der Waals surface area contributed by atoms with Crippen LogP contribution < -0.4 is 5.32 Å². The Morgan fingerprint density at radius 3 is 2.71 bits per heavy atom. The average molecular weight is 277 g/mol. The molecule has 0 saturated carbocycles. The van der Waals surface area contributed by atoms with Crippen LogP contribution in [-0.4, -0.2) is 28.0 Å². The summed E-state index contributed by atoms with van der Waals surface area (Å²) in [5.74, 6) is 0.0929. The molecule has 1 aromatic carbocycles. The molecular weight excluding hydrogens is 261 g/mol. The van der Waals surface area contributed by atoms with Gasteiger partial charge in [-0.2, -0.15) is 0 Å². The molecule has 17 heavy (non-hydrogen) atoms. The van der Waals surface area contributed by atoms with Gasteiger partial charge in [0.2, 0.25) is 0 Å². The molecule has 1 atom stereocenters. The van der Waals surface area contributed by atoms with Gasteiger partial charge in [-0.15, -0.1) is 0 Å². The van der Waals surface area contributed by atoms with E-state index < -0.39 is 6.80 Å². The Kier molecular flexibility index (Phi) is 5.49. The van der Waals surface area contributed by atoms with E-state index in [0.717, 1.165) is 6.54 Å². The molecule has 4 N–H and O–H groups in total. The van der Waals surface area contributed by atoms with Crippen molar-refractivity contribution in [1.82, 2.24) is 5.32 Å². The van der Waals surface area contributed by atoms with Gasteiger partial charge in [-0.05, 0) is 35.6 Å². The fourth-order valence-electron chi connectivity index (χ4n) is 1.38. The lowest BCUT2D eigenvalue weighted by Gasteiger charge is -2.17. The van der Waals surface area contributed by atoms with Gasteiger partial charge >= 0.3 is 6.80 Å². The van der Waals surface area contributed by atoms with Crippen LogP contribution in [0.15, 0.2) is 24.3 Å².